The van der Waals surface area contributed by atoms with Gasteiger partial charge in [0.15, 0.2) is 0 Å². The predicted molar refractivity (Wildman–Crippen MR) is 129 cm³/mol. The maximum absolute atomic E-state index is 13.4. The molecule has 0 saturated carbocycles. The van der Waals surface area contributed by atoms with E-state index in [4.69, 9.17) is 4.98 Å². The first-order valence-electron chi connectivity index (χ1n) is 11.5. The maximum Gasteiger partial charge on any atom is 0.324 e. The highest BCUT2D eigenvalue weighted by molar-refractivity contribution is 6.04. The second-order valence-corrected chi connectivity index (χ2v) is 9.08. The number of aromatic nitrogens is 4. The Hall–Kier alpha value is -4.01. The number of nitrogens with one attached hydrogen (secondary N) is 1. The third-order valence-electron chi connectivity index (χ3n) is 6.91. The molecule has 9 nitrogen and oxygen atoms in total. The van der Waals surface area contributed by atoms with Crippen molar-refractivity contribution in [3.63, 3.8) is 0 Å². The molecule has 9 heteroatoms. The van der Waals surface area contributed by atoms with Crippen molar-refractivity contribution in [1.29, 1.82) is 0 Å². The number of carbonyl (C=O) groups excluding carboxylic acids is 2. The third-order valence-corrected chi connectivity index (χ3v) is 6.91. The van der Waals surface area contributed by atoms with E-state index in [2.05, 4.69) is 21.0 Å². The molecule has 34 heavy (non-hydrogen) atoms. The van der Waals surface area contributed by atoms with Crippen LogP contribution >= 0.6 is 0 Å². The Morgan fingerprint density at radius 3 is 2.74 bits per heavy atom. The molecule has 6 heterocycles. The van der Waals surface area contributed by atoms with E-state index in [0.717, 1.165) is 57.4 Å². The molecule has 4 aromatic heterocycles. The second kappa shape index (κ2) is 7.79. The summed E-state index contributed by atoms with van der Waals surface area (Å²) < 4.78 is 0. The van der Waals surface area contributed by atoms with Gasteiger partial charge in [0.1, 0.15) is 11.2 Å². The Kier molecular flexibility index (Phi) is 4.72. The number of rotatable bonds is 2. The Labute approximate surface area is 196 Å². The molecule has 0 aliphatic carbocycles. The van der Waals surface area contributed by atoms with Gasteiger partial charge < -0.3 is 14.8 Å². The molecule has 6 rings (SSSR count). The number of piperidine rings is 1. The van der Waals surface area contributed by atoms with Crippen LogP contribution in [-0.2, 0) is 11.3 Å². The van der Waals surface area contributed by atoms with Crippen molar-refractivity contribution in [3.05, 3.63) is 48.4 Å². The normalized spacial score (nSPS) is 17.0. The Morgan fingerprint density at radius 1 is 1.12 bits per heavy atom. The van der Waals surface area contributed by atoms with E-state index in [1.54, 1.807) is 11.8 Å². The maximum atomic E-state index is 13.4. The number of hydrogen-bond donors (Lipinski definition) is 1. The fourth-order valence-electron chi connectivity index (χ4n) is 5.10. The summed E-state index contributed by atoms with van der Waals surface area (Å²) in [4.78, 5) is 48.0. The molecule has 4 aromatic rings. The van der Waals surface area contributed by atoms with Crippen LogP contribution < -0.4 is 4.90 Å². The largest absolute Gasteiger partial charge is 0.346 e. The zero-order valence-electron chi connectivity index (χ0n) is 19.2. The quantitative estimate of drug-likeness (QED) is 0.498. The molecular formula is C25H25N7O2. The van der Waals surface area contributed by atoms with Gasteiger partial charge in [0.25, 0.3) is 0 Å². The van der Waals surface area contributed by atoms with Gasteiger partial charge in [0.05, 0.1) is 23.4 Å². The number of anilines is 1. The van der Waals surface area contributed by atoms with Gasteiger partial charge in [-0.05, 0) is 37.1 Å². The van der Waals surface area contributed by atoms with Gasteiger partial charge in [-0.2, -0.15) is 0 Å². The monoisotopic (exact) mass is 455 g/mol. The highest BCUT2D eigenvalue weighted by Crippen LogP contribution is 2.37. The number of aromatic amines is 1. The van der Waals surface area contributed by atoms with Crippen LogP contribution in [0.5, 0.6) is 0 Å². The molecule has 1 N–H and O–H groups in total. The van der Waals surface area contributed by atoms with Crippen LogP contribution in [0.1, 0.15) is 25.3 Å². The van der Waals surface area contributed by atoms with Crippen molar-refractivity contribution >= 4 is 39.7 Å². The van der Waals surface area contributed by atoms with E-state index in [-0.39, 0.29) is 18.0 Å². The first kappa shape index (κ1) is 20.6. The number of amides is 3. The first-order chi connectivity index (χ1) is 16.5. The second-order valence-electron chi connectivity index (χ2n) is 9.08. The van der Waals surface area contributed by atoms with Gasteiger partial charge in [0.2, 0.25) is 5.91 Å². The summed E-state index contributed by atoms with van der Waals surface area (Å²) in [5, 5.41) is 1.02. The lowest BCUT2D eigenvalue weighted by Gasteiger charge is -2.43. The minimum absolute atomic E-state index is 0.00136. The summed E-state index contributed by atoms with van der Waals surface area (Å²) in [6.45, 7) is 3.38. The molecule has 2 aliphatic heterocycles. The van der Waals surface area contributed by atoms with Crippen molar-refractivity contribution in [2.75, 3.05) is 25.0 Å². The van der Waals surface area contributed by atoms with Gasteiger partial charge in [-0.15, -0.1) is 0 Å². The molecule has 1 fully saturated rings. The lowest BCUT2D eigenvalue weighted by molar-refractivity contribution is -0.129. The Bertz CT molecular complexity index is 1440. The van der Waals surface area contributed by atoms with Crippen molar-refractivity contribution in [1.82, 2.24) is 29.7 Å². The molecule has 2 aliphatic rings. The molecular weight excluding hydrogens is 430 g/mol. The number of nitrogens with zero attached hydrogens (tertiary/aromatic N) is 6. The van der Waals surface area contributed by atoms with Gasteiger partial charge in [-0.3, -0.25) is 14.7 Å². The average Bonchev–Trinajstić information content (AvgIpc) is 3.32. The van der Waals surface area contributed by atoms with Crippen LogP contribution in [0.2, 0.25) is 0 Å². The standard InChI is InChI=1S/C25H25N7O2/c1-15(33)31-9-6-19(7-10-31)32-23-18(14-30(2)25(32)34)13-27-21-4-3-20(29-22(21)23)17-11-16-5-8-26-24(16)28-12-17/h3-5,8,11-13,19H,6-7,9-10,14H2,1-2H3,(H,26,28). The number of urea groups is 1. The predicted octanol–water partition coefficient (Wildman–Crippen LogP) is 3.56. The molecule has 0 radical (unpaired) electrons. The van der Waals surface area contributed by atoms with Crippen LogP contribution in [-0.4, -0.2) is 67.9 Å². The number of hydrogen-bond acceptors (Lipinski definition) is 5. The highest BCUT2D eigenvalue weighted by atomic mass is 16.2. The smallest absolute Gasteiger partial charge is 0.324 e. The van der Waals surface area contributed by atoms with Gasteiger partial charge in [0, 0.05) is 68.2 Å². The summed E-state index contributed by atoms with van der Waals surface area (Å²) in [5.74, 6) is 0.0786. The van der Waals surface area contributed by atoms with Crippen LogP contribution in [0, 0.1) is 0 Å². The molecule has 3 amide bonds. The summed E-state index contributed by atoms with van der Waals surface area (Å²) in [6.07, 6.45) is 7.00. The van der Waals surface area contributed by atoms with E-state index in [0.29, 0.717) is 19.6 Å². The van der Waals surface area contributed by atoms with Crippen molar-refractivity contribution in [2.24, 2.45) is 0 Å². The van der Waals surface area contributed by atoms with Crippen LogP contribution in [0.3, 0.4) is 0 Å². The average molecular weight is 456 g/mol. The van der Waals surface area contributed by atoms with Gasteiger partial charge in [-0.1, -0.05) is 0 Å². The lowest BCUT2D eigenvalue weighted by atomic mass is 9.99. The zero-order valence-corrected chi connectivity index (χ0v) is 19.2. The molecule has 0 spiro atoms. The molecule has 0 aromatic carbocycles. The van der Waals surface area contributed by atoms with Crippen molar-refractivity contribution < 1.29 is 9.59 Å². The molecule has 0 bridgehead atoms. The Balaban J connectivity index is 1.47. The summed E-state index contributed by atoms with van der Waals surface area (Å²) in [5.41, 5.74) is 5.82. The van der Waals surface area contributed by atoms with E-state index in [9.17, 15) is 9.59 Å². The van der Waals surface area contributed by atoms with E-state index < -0.39 is 0 Å². The van der Waals surface area contributed by atoms with Crippen molar-refractivity contribution in [2.45, 2.75) is 32.4 Å². The first-order valence-corrected chi connectivity index (χ1v) is 11.5. The number of H-pyrrole nitrogens is 1. The van der Waals surface area contributed by atoms with Crippen LogP contribution in [0.4, 0.5) is 10.5 Å². The Morgan fingerprint density at radius 2 is 1.94 bits per heavy atom. The number of carbonyl (C=O) groups is 2. The van der Waals surface area contributed by atoms with Gasteiger partial charge >= 0.3 is 6.03 Å². The topological polar surface area (TPSA) is 98.3 Å². The fourth-order valence-corrected chi connectivity index (χ4v) is 5.10. The van der Waals surface area contributed by atoms with Gasteiger partial charge in [-0.25, -0.2) is 14.8 Å². The van der Waals surface area contributed by atoms with E-state index in [1.165, 1.54) is 0 Å². The molecule has 0 atom stereocenters. The van der Waals surface area contributed by atoms with Crippen LogP contribution in [0.25, 0.3) is 33.3 Å². The minimum Gasteiger partial charge on any atom is -0.346 e. The third kappa shape index (κ3) is 3.27. The minimum atomic E-state index is -0.0381. The van der Waals surface area contributed by atoms with Crippen molar-refractivity contribution in [3.8, 4) is 11.3 Å². The zero-order chi connectivity index (χ0) is 23.4. The molecule has 172 valence electrons. The SMILES string of the molecule is CC(=O)N1CCC(N2C(=O)N(C)Cc3cnc4ccc(-c5cnc6[nH]ccc6c5)nc4c32)CC1. The molecule has 0 unspecified atom stereocenters. The summed E-state index contributed by atoms with van der Waals surface area (Å²) >= 11 is 0. The lowest BCUT2D eigenvalue weighted by Crippen LogP contribution is -2.54. The fraction of sp³-hybridized carbons (Fsp3) is 0.320. The number of pyridine rings is 3. The van der Waals surface area contributed by atoms with E-state index in [1.807, 2.05) is 53.6 Å². The number of likely N-dealkylation sites (tertiary alicyclic amines) is 1. The summed E-state index contributed by atoms with van der Waals surface area (Å²) in [7, 11) is 1.81. The van der Waals surface area contributed by atoms with Crippen LogP contribution in [0.15, 0.2) is 42.9 Å². The number of fused-ring (bicyclic) bond motifs is 4. The van der Waals surface area contributed by atoms with E-state index >= 15 is 0 Å². The highest BCUT2D eigenvalue weighted by Gasteiger charge is 2.37. The molecule has 1 saturated heterocycles. The summed E-state index contributed by atoms with van der Waals surface area (Å²) in [6, 6.07) is 7.91.